The van der Waals surface area contributed by atoms with Crippen molar-refractivity contribution in [3.63, 3.8) is 0 Å². The van der Waals surface area contributed by atoms with E-state index >= 15 is 0 Å². The topological polar surface area (TPSA) is 61.4 Å². The number of hydrogen-bond donors (Lipinski definition) is 2. The largest absolute Gasteiger partial charge is 0.343 e. The third kappa shape index (κ3) is 1.59. The molecule has 2 aliphatic rings. The third-order valence-electron chi connectivity index (χ3n) is 2.76. The van der Waals surface area contributed by atoms with E-state index in [1.54, 1.807) is 11.8 Å². The highest BCUT2D eigenvalue weighted by Gasteiger charge is 2.34. The lowest BCUT2D eigenvalue weighted by atomic mass is 10.2. The Balaban J connectivity index is 2.08. The summed E-state index contributed by atoms with van der Waals surface area (Å²) < 4.78 is 0. The van der Waals surface area contributed by atoms with Crippen molar-refractivity contribution in [1.82, 2.24) is 15.5 Å². The number of nitrogens with one attached hydrogen (secondary N) is 2. The third-order valence-corrected chi connectivity index (χ3v) is 2.76. The molecule has 14 heavy (non-hydrogen) atoms. The van der Waals surface area contributed by atoms with E-state index in [4.69, 9.17) is 0 Å². The van der Waals surface area contributed by atoms with E-state index in [1.165, 1.54) is 0 Å². The molecule has 2 heterocycles. The normalized spacial score (nSPS) is 33.4. The van der Waals surface area contributed by atoms with Crippen LogP contribution < -0.4 is 10.6 Å². The minimum Gasteiger partial charge on any atom is -0.343 e. The lowest BCUT2D eigenvalue weighted by Crippen LogP contribution is -2.61. The van der Waals surface area contributed by atoms with Crippen LogP contribution in [0.3, 0.4) is 0 Å². The molecule has 2 amide bonds. The maximum atomic E-state index is 11.7. The lowest BCUT2D eigenvalue weighted by Gasteiger charge is -2.35. The Morgan fingerprint density at radius 1 is 1.43 bits per heavy atom. The second-order valence-corrected chi connectivity index (χ2v) is 3.87. The van der Waals surface area contributed by atoms with Crippen LogP contribution >= 0.6 is 0 Å². The molecule has 0 saturated carbocycles. The van der Waals surface area contributed by atoms with Gasteiger partial charge in [-0.2, -0.15) is 0 Å². The minimum atomic E-state index is -0.376. The van der Waals surface area contributed by atoms with Crippen LogP contribution in [0.1, 0.15) is 19.8 Å². The second-order valence-electron chi connectivity index (χ2n) is 3.87. The summed E-state index contributed by atoms with van der Waals surface area (Å²) in [7, 11) is 0. The van der Waals surface area contributed by atoms with Crippen molar-refractivity contribution in [3.05, 3.63) is 0 Å². The van der Waals surface area contributed by atoms with Crippen molar-refractivity contribution in [2.24, 2.45) is 0 Å². The molecule has 0 radical (unpaired) electrons. The van der Waals surface area contributed by atoms with Gasteiger partial charge in [0.15, 0.2) is 0 Å². The Labute approximate surface area is 82.8 Å². The molecule has 2 unspecified atom stereocenters. The smallest absolute Gasteiger partial charge is 0.246 e. The van der Waals surface area contributed by atoms with E-state index in [2.05, 4.69) is 10.6 Å². The van der Waals surface area contributed by atoms with E-state index in [1.807, 2.05) is 0 Å². The molecule has 5 heteroatoms. The van der Waals surface area contributed by atoms with Crippen LogP contribution in [0.25, 0.3) is 0 Å². The van der Waals surface area contributed by atoms with E-state index in [9.17, 15) is 9.59 Å². The Morgan fingerprint density at radius 3 is 2.86 bits per heavy atom. The van der Waals surface area contributed by atoms with Crippen molar-refractivity contribution in [3.8, 4) is 0 Å². The molecule has 0 spiro atoms. The van der Waals surface area contributed by atoms with Crippen molar-refractivity contribution in [2.45, 2.75) is 32.0 Å². The predicted octanol–water partition coefficient (Wildman–Crippen LogP) is -0.957. The van der Waals surface area contributed by atoms with Gasteiger partial charge in [0.25, 0.3) is 0 Å². The average molecular weight is 197 g/mol. The summed E-state index contributed by atoms with van der Waals surface area (Å²) in [6.45, 7) is 2.85. The summed E-state index contributed by atoms with van der Waals surface area (Å²) in [5, 5.41) is 5.85. The van der Waals surface area contributed by atoms with Gasteiger partial charge < -0.3 is 10.2 Å². The Bertz CT molecular complexity index is 261. The van der Waals surface area contributed by atoms with Gasteiger partial charge in [-0.25, -0.2) is 0 Å². The van der Waals surface area contributed by atoms with Gasteiger partial charge in [0, 0.05) is 0 Å². The number of rotatable bonds is 1. The summed E-state index contributed by atoms with van der Waals surface area (Å²) in [5.41, 5.74) is 0. The van der Waals surface area contributed by atoms with Gasteiger partial charge in [-0.15, -0.1) is 0 Å². The highest BCUT2D eigenvalue weighted by atomic mass is 16.2. The number of piperazine rings is 1. The molecule has 2 aliphatic heterocycles. The predicted molar refractivity (Wildman–Crippen MR) is 50.3 cm³/mol. The van der Waals surface area contributed by atoms with Gasteiger partial charge in [0.05, 0.1) is 6.17 Å². The van der Waals surface area contributed by atoms with Crippen LogP contribution in [0.2, 0.25) is 0 Å². The van der Waals surface area contributed by atoms with Crippen LogP contribution in [-0.4, -0.2) is 42.0 Å². The minimum absolute atomic E-state index is 0.0176. The van der Waals surface area contributed by atoms with Gasteiger partial charge in [-0.1, -0.05) is 0 Å². The highest BCUT2D eigenvalue weighted by molar-refractivity contribution is 5.94. The first kappa shape index (κ1) is 9.45. The van der Waals surface area contributed by atoms with Gasteiger partial charge in [0.2, 0.25) is 11.8 Å². The highest BCUT2D eigenvalue weighted by Crippen LogP contribution is 2.13. The lowest BCUT2D eigenvalue weighted by molar-refractivity contribution is -0.146. The van der Waals surface area contributed by atoms with Crippen LogP contribution in [0.5, 0.6) is 0 Å². The number of carbonyl (C=O) groups excluding carboxylic acids is 2. The molecule has 2 fully saturated rings. The molecule has 0 bridgehead atoms. The van der Waals surface area contributed by atoms with Gasteiger partial charge in [0.1, 0.15) is 12.6 Å². The molecule has 2 saturated heterocycles. The number of carbonyl (C=O) groups is 2. The summed E-state index contributed by atoms with van der Waals surface area (Å²) >= 11 is 0. The van der Waals surface area contributed by atoms with Crippen LogP contribution in [0.15, 0.2) is 0 Å². The summed E-state index contributed by atoms with van der Waals surface area (Å²) in [5.74, 6) is -0.0465. The first-order valence-electron chi connectivity index (χ1n) is 5.02. The Hall–Kier alpha value is -1.10. The molecular formula is C9H15N3O2. The SMILES string of the molecule is CC1NC(=O)CN(C2CCCN2)C1=O. The Morgan fingerprint density at radius 2 is 2.21 bits per heavy atom. The monoisotopic (exact) mass is 197 g/mol. The zero-order valence-corrected chi connectivity index (χ0v) is 8.25. The van der Waals surface area contributed by atoms with Crippen molar-refractivity contribution in [2.75, 3.05) is 13.1 Å². The fourth-order valence-corrected chi connectivity index (χ4v) is 2.03. The molecule has 78 valence electrons. The molecule has 2 rings (SSSR count). The van der Waals surface area contributed by atoms with Crippen LogP contribution in [-0.2, 0) is 9.59 Å². The Kier molecular flexibility index (Phi) is 2.41. The number of hydrogen-bond acceptors (Lipinski definition) is 3. The van der Waals surface area contributed by atoms with E-state index in [-0.39, 0.29) is 30.6 Å². The number of amides is 2. The first-order valence-corrected chi connectivity index (χ1v) is 5.02. The van der Waals surface area contributed by atoms with Crippen molar-refractivity contribution < 1.29 is 9.59 Å². The zero-order valence-electron chi connectivity index (χ0n) is 8.25. The summed E-state index contributed by atoms with van der Waals surface area (Å²) in [4.78, 5) is 24.6. The maximum absolute atomic E-state index is 11.7. The molecule has 0 aromatic rings. The van der Waals surface area contributed by atoms with E-state index in [0.717, 1.165) is 19.4 Å². The molecule has 2 atom stereocenters. The van der Waals surface area contributed by atoms with Crippen molar-refractivity contribution >= 4 is 11.8 Å². The molecule has 0 aliphatic carbocycles. The average Bonchev–Trinajstić information content (AvgIpc) is 2.63. The fourth-order valence-electron chi connectivity index (χ4n) is 2.03. The zero-order chi connectivity index (χ0) is 10.1. The molecule has 0 aromatic carbocycles. The maximum Gasteiger partial charge on any atom is 0.246 e. The second kappa shape index (κ2) is 3.57. The summed E-state index contributed by atoms with van der Waals surface area (Å²) in [6.07, 6.45) is 2.09. The molecule has 0 aromatic heterocycles. The van der Waals surface area contributed by atoms with Gasteiger partial charge in [-0.05, 0) is 26.3 Å². The van der Waals surface area contributed by atoms with E-state index < -0.39 is 0 Å². The summed E-state index contributed by atoms with van der Waals surface area (Å²) in [6, 6.07) is -0.376. The van der Waals surface area contributed by atoms with Crippen molar-refractivity contribution in [1.29, 1.82) is 0 Å². The molecule has 5 nitrogen and oxygen atoms in total. The van der Waals surface area contributed by atoms with Gasteiger partial charge >= 0.3 is 0 Å². The van der Waals surface area contributed by atoms with Gasteiger partial charge in [-0.3, -0.25) is 14.9 Å². The first-order chi connectivity index (χ1) is 6.68. The number of nitrogens with zero attached hydrogens (tertiary/aromatic N) is 1. The van der Waals surface area contributed by atoms with Crippen LogP contribution in [0, 0.1) is 0 Å². The fraction of sp³-hybridized carbons (Fsp3) is 0.778. The van der Waals surface area contributed by atoms with Crippen LogP contribution in [0.4, 0.5) is 0 Å². The van der Waals surface area contributed by atoms with E-state index in [0.29, 0.717) is 0 Å². The molecule has 2 N–H and O–H groups in total. The molecular weight excluding hydrogens is 182 g/mol. The quantitative estimate of drug-likeness (QED) is 0.569. The standard InChI is InChI=1S/C9H15N3O2/c1-6-9(14)12(5-8(13)11-6)7-3-2-4-10-7/h6-7,10H,2-5H2,1H3,(H,11,13).